The van der Waals surface area contributed by atoms with Crippen LogP contribution in [0, 0.1) is 0 Å². The Morgan fingerprint density at radius 3 is 2.61 bits per heavy atom. The Balaban J connectivity index is 1.63. The number of amides is 1. The van der Waals surface area contributed by atoms with Gasteiger partial charge in [0.1, 0.15) is 11.3 Å². The fourth-order valence-electron chi connectivity index (χ4n) is 3.44. The van der Waals surface area contributed by atoms with Gasteiger partial charge in [0, 0.05) is 16.3 Å². The number of anilines is 1. The van der Waals surface area contributed by atoms with Crippen LogP contribution in [0.4, 0.5) is 5.13 Å². The molecule has 170 valence electrons. The summed E-state index contributed by atoms with van der Waals surface area (Å²) in [6.45, 7) is 7.23. The summed E-state index contributed by atoms with van der Waals surface area (Å²) in [5, 5.41) is 1.17. The Hall–Kier alpha value is -2.90. The number of benzene rings is 2. The summed E-state index contributed by atoms with van der Waals surface area (Å²) in [5.41, 5.74) is 2.59. The lowest BCUT2D eigenvalue weighted by molar-refractivity contribution is -0.118. The number of pyridine rings is 1. The largest absolute Gasteiger partial charge is 0.492 e. The maximum Gasteiger partial charge on any atom is 0.233 e. The molecule has 0 spiro atoms. The van der Waals surface area contributed by atoms with Gasteiger partial charge in [-0.05, 0) is 48.9 Å². The predicted molar refractivity (Wildman–Crippen MR) is 137 cm³/mol. The molecule has 0 unspecified atom stereocenters. The molecule has 2 aromatic heterocycles. The van der Waals surface area contributed by atoms with Crippen molar-refractivity contribution in [1.82, 2.24) is 9.97 Å². The number of thioether (sulfide) groups is 1. The molecular formula is C26H27N3O2S2. The van der Waals surface area contributed by atoms with E-state index in [-0.39, 0.29) is 5.91 Å². The average Bonchev–Trinajstić information content (AvgIpc) is 3.24. The summed E-state index contributed by atoms with van der Waals surface area (Å²) in [7, 11) is 0. The topological polar surface area (TPSA) is 55.3 Å². The zero-order valence-corrected chi connectivity index (χ0v) is 20.7. The average molecular weight is 478 g/mol. The van der Waals surface area contributed by atoms with Gasteiger partial charge in [0.25, 0.3) is 0 Å². The normalized spacial score (nSPS) is 11.2. The van der Waals surface area contributed by atoms with Crippen LogP contribution >= 0.6 is 23.1 Å². The Morgan fingerprint density at radius 2 is 1.91 bits per heavy atom. The Labute approximate surface area is 202 Å². The highest BCUT2D eigenvalue weighted by molar-refractivity contribution is 7.99. The van der Waals surface area contributed by atoms with Crippen molar-refractivity contribution in [2.75, 3.05) is 11.5 Å². The van der Waals surface area contributed by atoms with Gasteiger partial charge in [-0.1, -0.05) is 49.4 Å². The van der Waals surface area contributed by atoms with E-state index in [4.69, 9.17) is 9.72 Å². The quantitative estimate of drug-likeness (QED) is 0.262. The molecule has 33 heavy (non-hydrogen) atoms. The maximum atomic E-state index is 13.5. The van der Waals surface area contributed by atoms with Gasteiger partial charge in [0.2, 0.25) is 5.91 Å². The molecule has 5 nitrogen and oxygen atoms in total. The lowest BCUT2D eigenvalue weighted by Crippen LogP contribution is -2.32. The molecule has 0 fully saturated rings. The van der Waals surface area contributed by atoms with Crippen LogP contribution in [0.25, 0.3) is 10.2 Å². The number of para-hydroxylation sites is 1. The molecule has 7 heteroatoms. The summed E-state index contributed by atoms with van der Waals surface area (Å²) in [6, 6.07) is 19.9. The zero-order valence-electron chi connectivity index (χ0n) is 19.0. The smallest absolute Gasteiger partial charge is 0.233 e. The van der Waals surface area contributed by atoms with Crippen LogP contribution in [0.5, 0.6) is 5.75 Å². The second-order valence-corrected chi connectivity index (χ2v) is 10.5. The van der Waals surface area contributed by atoms with Gasteiger partial charge >= 0.3 is 0 Å². The Morgan fingerprint density at radius 1 is 1.09 bits per heavy atom. The van der Waals surface area contributed by atoms with Crippen LogP contribution in [0.15, 0.2) is 71.8 Å². The minimum atomic E-state index is -0.0121. The van der Waals surface area contributed by atoms with Gasteiger partial charge in [-0.2, -0.15) is 0 Å². The molecule has 0 aliphatic carbocycles. The predicted octanol–water partition coefficient (Wildman–Crippen LogP) is 6.37. The third-order valence-corrected chi connectivity index (χ3v) is 6.96. The molecule has 0 aliphatic heterocycles. The number of carbonyl (C=O) groups excluding carboxylic acids is 1. The summed E-state index contributed by atoms with van der Waals surface area (Å²) in [4.78, 5) is 25.7. The van der Waals surface area contributed by atoms with Crippen molar-refractivity contribution in [3.63, 3.8) is 0 Å². The number of fused-ring (bicyclic) bond motifs is 1. The van der Waals surface area contributed by atoms with Crippen LogP contribution < -0.4 is 9.64 Å². The summed E-state index contributed by atoms with van der Waals surface area (Å²) in [5.74, 6) is 0.725. The van der Waals surface area contributed by atoms with Crippen LogP contribution in [-0.4, -0.2) is 27.7 Å². The monoisotopic (exact) mass is 477 g/mol. The van der Waals surface area contributed by atoms with Gasteiger partial charge in [0.05, 0.1) is 30.0 Å². The van der Waals surface area contributed by atoms with Crippen molar-refractivity contribution < 1.29 is 9.53 Å². The van der Waals surface area contributed by atoms with Crippen LogP contribution in [0.2, 0.25) is 0 Å². The van der Waals surface area contributed by atoms with E-state index in [1.54, 1.807) is 11.1 Å². The van der Waals surface area contributed by atoms with Crippen molar-refractivity contribution in [1.29, 1.82) is 0 Å². The van der Waals surface area contributed by atoms with Crippen molar-refractivity contribution in [3.8, 4) is 5.75 Å². The minimum Gasteiger partial charge on any atom is -0.492 e. The van der Waals surface area contributed by atoms with E-state index in [1.807, 2.05) is 67.2 Å². The molecule has 0 N–H and O–H groups in total. The molecule has 0 saturated carbocycles. The van der Waals surface area contributed by atoms with E-state index >= 15 is 0 Å². The number of rotatable bonds is 9. The molecule has 2 aromatic carbocycles. The van der Waals surface area contributed by atoms with Crippen LogP contribution in [0.3, 0.4) is 0 Å². The molecule has 4 rings (SSSR count). The summed E-state index contributed by atoms with van der Waals surface area (Å²) in [6.07, 6.45) is 2.04. The SMILES string of the molecule is CCOc1cccc2sc(N(Cc3ccccn3)C(=O)Cc3ccc(SC(C)C)cc3)nc12. The second kappa shape index (κ2) is 10.8. The highest BCUT2D eigenvalue weighted by Crippen LogP contribution is 2.35. The fraction of sp³-hybridized carbons (Fsp3) is 0.269. The van der Waals surface area contributed by atoms with Gasteiger partial charge in [0.15, 0.2) is 5.13 Å². The summed E-state index contributed by atoms with van der Waals surface area (Å²) < 4.78 is 6.74. The lowest BCUT2D eigenvalue weighted by atomic mass is 10.1. The van der Waals surface area contributed by atoms with E-state index in [0.29, 0.717) is 30.0 Å². The standard InChI is InChI=1S/C26H27N3O2S2/c1-4-31-22-9-7-10-23-25(22)28-26(33-23)29(17-20-8-5-6-15-27-20)24(30)16-19-11-13-21(14-12-19)32-18(2)3/h5-15,18H,4,16-17H2,1-3H3. The van der Waals surface area contributed by atoms with Crippen LogP contribution in [0.1, 0.15) is 32.0 Å². The maximum absolute atomic E-state index is 13.5. The van der Waals surface area contributed by atoms with Gasteiger partial charge in [-0.25, -0.2) is 4.98 Å². The number of carbonyl (C=O) groups is 1. The number of ether oxygens (including phenoxy) is 1. The summed E-state index contributed by atoms with van der Waals surface area (Å²) >= 11 is 3.31. The number of nitrogens with zero attached hydrogens (tertiary/aromatic N) is 3. The minimum absolute atomic E-state index is 0.0121. The van der Waals surface area contributed by atoms with E-state index in [9.17, 15) is 4.79 Å². The third-order valence-electron chi connectivity index (χ3n) is 4.90. The van der Waals surface area contributed by atoms with Crippen molar-refractivity contribution in [2.45, 2.75) is 43.9 Å². The first-order valence-electron chi connectivity index (χ1n) is 11.0. The molecule has 0 radical (unpaired) electrons. The molecule has 1 amide bonds. The molecule has 0 atom stereocenters. The van der Waals surface area contributed by atoms with Gasteiger partial charge < -0.3 is 4.74 Å². The van der Waals surface area contributed by atoms with Gasteiger partial charge in [-0.15, -0.1) is 11.8 Å². The molecule has 0 aliphatic rings. The highest BCUT2D eigenvalue weighted by atomic mass is 32.2. The molecule has 2 heterocycles. The number of hydrogen-bond donors (Lipinski definition) is 0. The second-order valence-electron chi connectivity index (χ2n) is 7.82. The third kappa shape index (κ3) is 5.92. The zero-order chi connectivity index (χ0) is 23.2. The van der Waals surface area contributed by atoms with Crippen molar-refractivity contribution in [3.05, 3.63) is 78.1 Å². The van der Waals surface area contributed by atoms with Crippen molar-refractivity contribution in [2.24, 2.45) is 0 Å². The first-order chi connectivity index (χ1) is 16.0. The Bertz CT molecular complexity index is 1210. The number of hydrogen-bond acceptors (Lipinski definition) is 6. The molecule has 4 aromatic rings. The van der Waals surface area contributed by atoms with E-state index < -0.39 is 0 Å². The Kier molecular flexibility index (Phi) is 7.62. The molecule has 0 bridgehead atoms. The van der Waals surface area contributed by atoms with E-state index in [1.165, 1.54) is 16.2 Å². The van der Waals surface area contributed by atoms with Crippen LogP contribution in [-0.2, 0) is 17.8 Å². The highest BCUT2D eigenvalue weighted by Gasteiger charge is 2.22. The van der Waals surface area contributed by atoms with Gasteiger partial charge in [-0.3, -0.25) is 14.7 Å². The number of aromatic nitrogens is 2. The van der Waals surface area contributed by atoms with E-state index in [0.717, 1.165) is 27.2 Å². The first-order valence-corrected chi connectivity index (χ1v) is 12.7. The fourth-order valence-corrected chi connectivity index (χ4v) is 5.28. The number of thiazole rings is 1. The lowest BCUT2D eigenvalue weighted by Gasteiger charge is -2.19. The first kappa shape index (κ1) is 23.3. The van der Waals surface area contributed by atoms with Crippen molar-refractivity contribution >= 4 is 44.4 Å². The molecule has 0 saturated heterocycles. The van der Waals surface area contributed by atoms with E-state index in [2.05, 4.69) is 31.0 Å². The molecular weight excluding hydrogens is 450 g/mol.